The van der Waals surface area contributed by atoms with Crippen LogP contribution in [0.3, 0.4) is 0 Å². The monoisotopic (exact) mass is 315 g/mol. The van der Waals surface area contributed by atoms with Gasteiger partial charge in [-0.05, 0) is 34.0 Å². The maximum Gasteiger partial charge on any atom is 0.335 e. The molecule has 1 aromatic carbocycles. The zero-order valence-corrected chi connectivity index (χ0v) is 14.3. The Bertz CT molecular complexity index is 455. The van der Waals surface area contributed by atoms with Crippen LogP contribution in [0.1, 0.15) is 19.4 Å². The zero-order valence-electron chi connectivity index (χ0n) is 13.4. The maximum absolute atomic E-state index is 12.6. The molecule has 0 fully saturated rings. The van der Waals surface area contributed by atoms with Gasteiger partial charge in [-0.25, -0.2) is 0 Å². The Morgan fingerprint density at radius 3 is 2.29 bits per heavy atom. The van der Waals surface area contributed by atoms with Crippen LogP contribution >= 0.6 is 7.60 Å². The molecule has 0 amide bonds. The smallest absolute Gasteiger partial charge is 0.335 e. The van der Waals surface area contributed by atoms with Crippen LogP contribution in [0.5, 0.6) is 5.75 Å². The molecule has 1 aromatic rings. The molecule has 1 rings (SSSR count). The molecule has 0 saturated carbocycles. The van der Waals surface area contributed by atoms with Crippen molar-refractivity contribution in [3.63, 3.8) is 0 Å². The number of ether oxygens (including phenoxy) is 1. The Morgan fingerprint density at radius 1 is 1.10 bits per heavy atom. The van der Waals surface area contributed by atoms with Crippen molar-refractivity contribution < 1.29 is 18.3 Å². The van der Waals surface area contributed by atoms with Crippen molar-refractivity contribution in [1.29, 1.82) is 0 Å². The van der Waals surface area contributed by atoms with Crippen LogP contribution < -0.4 is 4.74 Å². The summed E-state index contributed by atoms with van der Waals surface area (Å²) < 4.78 is 29.1. The fourth-order valence-electron chi connectivity index (χ4n) is 1.84. The lowest BCUT2D eigenvalue weighted by molar-refractivity contribution is 0.218. The van der Waals surface area contributed by atoms with Crippen molar-refractivity contribution in [3.8, 4) is 5.75 Å². The quantitative estimate of drug-likeness (QED) is 0.619. The number of hydrogen-bond acceptors (Lipinski definition) is 5. The van der Waals surface area contributed by atoms with E-state index >= 15 is 0 Å². The first-order chi connectivity index (χ1) is 10.0. The van der Waals surface area contributed by atoms with E-state index in [2.05, 4.69) is 0 Å². The second-order valence-corrected chi connectivity index (χ2v) is 6.92. The fourth-order valence-corrected chi connectivity index (χ4v) is 3.57. The zero-order chi connectivity index (χ0) is 15.7. The summed E-state index contributed by atoms with van der Waals surface area (Å²) in [4.78, 5) is 2.05. The van der Waals surface area contributed by atoms with Crippen LogP contribution in [0, 0.1) is 0 Å². The highest BCUT2D eigenvalue weighted by atomic mass is 31.2. The number of rotatable bonds is 10. The van der Waals surface area contributed by atoms with E-state index in [4.69, 9.17) is 13.8 Å². The summed E-state index contributed by atoms with van der Waals surface area (Å²) in [5.74, 6) is 0.735. The van der Waals surface area contributed by atoms with Crippen LogP contribution in [0.15, 0.2) is 24.3 Å². The molecular weight excluding hydrogens is 289 g/mol. The Morgan fingerprint density at radius 2 is 1.71 bits per heavy atom. The van der Waals surface area contributed by atoms with Gasteiger partial charge in [-0.1, -0.05) is 18.2 Å². The summed E-state index contributed by atoms with van der Waals surface area (Å²) in [6.45, 7) is 5.75. The molecular formula is C15H26NO4P. The number of hydrogen-bond donors (Lipinski definition) is 0. The first-order valence-corrected chi connectivity index (χ1v) is 8.97. The highest BCUT2D eigenvalue weighted by molar-refractivity contribution is 7.53. The molecule has 0 N–H and O–H groups in total. The molecule has 0 spiro atoms. The van der Waals surface area contributed by atoms with E-state index in [0.29, 0.717) is 19.8 Å². The average molecular weight is 315 g/mol. The summed E-state index contributed by atoms with van der Waals surface area (Å²) in [5, 5.41) is 0. The Balaban J connectivity index is 2.79. The lowest BCUT2D eigenvalue weighted by Crippen LogP contribution is -2.19. The molecule has 120 valence electrons. The number of nitrogens with zero attached hydrogens (tertiary/aromatic N) is 1. The van der Waals surface area contributed by atoms with Gasteiger partial charge in [0.2, 0.25) is 0 Å². The lowest BCUT2D eigenvalue weighted by atomic mass is 10.2. The minimum atomic E-state index is -3.11. The second-order valence-electron chi connectivity index (χ2n) is 4.86. The summed E-state index contributed by atoms with van der Waals surface area (Å²) in [5.41, 5.74) is 0.849. The molecule has 0 aliphatic heterocycles. The Labute approximate surface area is 127 Å². The molecule has 0 radical (unpaired) electrons. The van der Waals surface area contributed by atoms with E-state index in [1.807, 2.05) is 57.1 Å². The van der Waals surface area contributed by atoms with Crippen LogP contribution in [-0.2, 0) is 19.8 Å². The van der Waals surface area contributed by atoms with Crippen LogP contribution in [0.2, 0.25) is 0 Å². The van der Waals surface area contributed by atoms with Crippen molar-refractivity contribution >= 4 is 7.60 Å². The third-order valence-corrected chi connectivity index (χ3v) is 4.82. The number of likely N-dealkylation sites (N-methyl/N-ethyl adjacent to an activating group) is 1. The molecule has 0 aliphatic rings. The van der Waals surface area contributed by atoms with Crippen molar-refractivity contribution in [2.24, 2.45) is 0 Å². The summed E-state index contributed by atoms with van der Waals surface area (Å²) in [6.07, 6.45) is 0.229. The van der Waals surface area contributed by atoms with Gasteiger partial charge in [-0.3, -0.25) is 4.57 Å². The highest BCUT2D eigenvalue weighted by Crippen LogP contribution is 2.52. The van der Waals surface area contributed by atoms with Gasteiger partial charge in [0.05, 0.1) is 19.4 Å². The molecule has 5 nitrogen and oxygen atoms in total. The number of benzene rings is 1. The summed E-state index contributed by atoms with van der Waals surface area (Å²) in [7, 11) is 0.878. The fraction of sp³-hybridized carbons (Fsp3) is 0.600. The Hall–Kier alpha value is -0.870. The topological polar surface area (TPSA) is 48.0 Å². The molecule has 0 atom stereocenters. The molecule has 0 aliphatic carbocycles. The largest absolute Gasteiger partial charge is 0.492 e. The minimum absolute atomic E-state index is 0.229. The van der Waals surface area contributed by atoms with Gasteiger partial charge >= 0.3 is 7.60 Å². The van der Waals surface area contributed by atoms with E-state index in [-0.39, 0.29) is 6.16 Å². The first kappa shape index (κ1) is 18.2. The SMILES string of the molecule is CCOP(=O)(Cc1ccccc1OCCN(C)C)OCC. The van der Waals surface area contributed by atoms with Crippen LogP contribution in [0.4, 0.5) is 0 Å². The lowest BCUT2D eigenvalue weighted by Gasteiger charge is -2.19. The molecule has 0 unspecified atom stereocenters. The van der Waals surface area contributed by atoms with Gasteiger partial charge in [-0.15, -0.1) is 0 Å². The van der Waals surface area contributed by atoms with Gasteiger partial charge in [0.15, 0.2) is 0 Å². The van der Waals surface area contributed by atoms with E-state index in [0.717, 1.165) is 17.9 Å². The van der Waals surface area contributed by atoms with Crippen molar-refractivity contribution in [3.05, 3.63) is 29.8 Å². The summed E-state index contributed by atoms with van der Waals surface area (Å²) >= 11 is 0. The van der Waals surface area contributed by atoms with Gasteiger partial charge in [0, 0.05) is 12.1 Å². The summed E-state index contributed by atoms with van der Waals surface area (Å²) in [6, 6.07) is 7.58. The molecule has 0 heterocycles. The standard InChI is InChI=1S/C15H26NO4P/c1-5-19-21(17,20-6-2)13-14-9-7-8-10-15(14)18-12-11-16(3)4/h7-10H,5-6,11-13H2,1-4H3. The normalized spacial score (nSPS) is 11.9. The van der Waals surface area contributed by atoms with Crippen LogP contribution in [-0.4, -0.2) is 45.4 Å². The second kappa shape index (κ2) is 9.21. The predicted octanol–water partition coefficient (Wildman–Crippen LogP) is 3.39. The van der Waals surface area contributed by atoms with Crippen molar-refractivity contribution in [2.45, 2.75) is 20.0 Å². The molecule has 6 heteroatoms. The van der Waals surface area contributed by atoms with E-state index in [1.54, 1.807) is 0 Å². The van der Waals surface area contributed by atoms with Gasteiger partial charge < -0.3 is 18.7 Å². The molecule has 21 heavy (non-hydrogen) atoms. The highest BCUT2D eigenvalue weighted by Gasteiger charge is 2.25. The van der Waals surface area contributed by atoms with Gasteiger partial charge in [0.1, 0.15) is 12.4 Å². The van der Waals surface area contributed by atoms with Crippen molar-refractivity contribution in [2.75, 3.05) is 40.5 Å². The van der Waals surface area contributed by atoms with Gasteiger partial charge in [0.25, 0.3) is 0 Å². The third-order valence-electron chi connectivity index (χ3n) is 2.78. The van der Waals surface area contributed by atoms with Crippen LogP contribution in [0.25, 0.3) is 0 Å². The van der Waals surface area contributed by atoms with E-state index in [9.17, 15) is 4.57 Å². The Kier molecular flexibility index (Phi) is 7.97. The first-order valence-electron chi connectivity index (χ1n) is 7.24. The van der Waals surface area contributed by atoms with E-state index in [1.165, 1.54) is 0 Å². The van der Waals surface area contributed by atoms with Crippen molar-refractivity contribution in [1.82, 2.24) is 4.90 Å². The molecule has 0 bridgehead atoms. The molecule has 0 saturated heterocycles. The average Bonchev–Trinajstić information content (AvgIpc) is 2.40. The number of para-hydroxylation sites is 1. The van der Waals surface area contributed by atoms with E-state index < -0.39 is 7.60 Å². The minimum Gasteiger partial charge on any atom is -0.492 e. The predicted molar refractivity (Wildman–Crippen MR) is 85.1 cm³/mol. The molecule has 0 aromatic heterocycles. The van der Waals surface area contributed by atoms with Gasteiger partial charge in [-0.2, -0.15) is 0 Å². The maximum atomic E-state index is 12.6. The third kappa shape index (κ3) is 6.62.